The maximum atomic E-state index is 14.8. The number of amides is 4. The Kier molecular flexibility index (Phi) is 6.93. The molecular weight excluding hydrogens is 461 g/mol. The number of likely N-dealkylation sites (tertiary alicyclic amines) is 1. The highest BCUT2D eigenvalue weighted by Crippen LogP contribution is 2.31. The molecule has 0 aliphatic carbocycles. The van der Waals surface area contributed by atoms with Gasteiger partial charge in [0, 0.05) is 37.8 Å². The third-order valence-corrected chi connectivity index (χ3v) is 6.41. The van der Waals surface area contributed by atoms with Crippen LogP contribution in [0.2, 0.25) is 0 Å². The van der Waals surface area contributed by atoms with Gasteiger partial charge in [0.2, 0.25) is 0 Å². The molecule has 3 N–H and O–H groups in total. The minimum absolute atomic E-state index is 0.00444. The lowest BCUT2D eigenvalue weighted by Crippen LogP contribution is -2.48. The molecule has 2 aliphatic heterocycles. The maximum Gasteiger partial charge on any atom is 0.322 e. The van der Waals surface area contributed by atoms with Gasteiger partial charge in [-0.15, -0.1) is 0 Å². The number of urea groups is 2. The van der Waals surface area contributed by atoms with E-state index in [1.165, 1.54) is 23.1 Å². The Morgan fingerprint density at radius 1 is 1.00 bits per heavy atom. The van der Waals surface area contributed by atoms with Crippen molar-refractivity contribution in [3.8, 4) is 0 Å². The van der Waals surface area contributed by atoms with Crippen molar-refractivity contribution < 1.29 is 27.9 Å². The second kappa shape index (κ2) is 9.77. The van der Waals surface area contributed by atoms with E-state index < -0.39 is 29.1 Å². The van der Waals surface area contributed by atoms with Crippen LogP contribution in [0.15, 0.2) is 30.3 Å². The van der Waals surface area contributed by atoms with Crippen molar-refractivity contribution >= 4 is 17.7 Å². The topological polar surface area (TPSA) is 84.9 Å². The van der Waals surface area contributed by atoms with Gasteiger partial charge in [-0.3, -0.25) is 0 Å². The van der Waals surface area contributed by atoms with E-state index >= 15 is 0 Å². The molecule has 2 aromatic rings. The normalized spacial score (nSPS) is 16.3. The van der Waals surface area contributed by atoms with Gasteiger partial charge in [0.25, 0.3) is 0 Å². The number of halogens is 3. The summed E-state index contributed by atoms with van der Waals surface area (Å²) in [6, 6.07) is 5.78. The van der Waals surface area contributed by atoms with Gasteiger partial charge >= 0.3 is 12.1 Å². The van der Waals surface area contributed by atoms with E-state index in [-0.39, 0.29) is 42.8 Å². The number of nitrogens with one attached hydrogen (secondary N) is 2. The van der Waals surface area contributed by atoms with E-state index in [1.54, 1.807) is 24.8 Å². The lowest BCUT2D eigenvalue weighted by Gasteiger charge is -2.33. The van der Waals surface area contributed by atoms with Gasteiger partial charge in [-0.25, -0.2) is 22.8 Å². The van der Waals surface area contributed by atoms with E-state index in [2.05, 4.69) is 10.6 Å². The number of hydrogen-bond acceptors (Lipinski definition) is 3. The Morgan fingerprint density at radius 3 is 2.37 bits per heavy atom. The molecule has 0 unspecified atom stereocenters. The van der Waals surface area contributed by atoms with Crippen LogP contribution in [0.3, 0.4) is 0 Å². The molecule has 2 heterocycles. The monoisotopic (exact) mass is 490 g/mol. The molecule has 4 amide bonds. The van der Waals surface area contributed by atoms with Crippen molar-refractivity contribution in [1.82, 2.24) is 15.1 Å². The van der Waals surface area contributed by atoms with Gasteiger partial charge in [0.15, 0.2) is 0 Å². The number of rotatable bonds is 4. The number of anilines is 1. The predicted octanol–water partition coefficient (Wildman–Crippen LogP) is 4.31. The highest BCUT2D eigenvalue weighted by Gasteiger charge is 2.28. The Hall–Kier alpha value is -3.27. The van der Waals surface area contributed by atoms with Crippen LogP contribution in [-0.4, -0.2) is 52.2 Å². The highest BCUT2D eigenvalue weighted by molar-refractivity contribution is 5.89. The number of fused-ring (bicyclic) bond motifs is 1. The molecule has 0 radical (unpaired) electrons. The second-order valence-electron chi connectivity index (χ2n) is 9.78. The maximum absolute atomic E-state index is 14.8. The molecule has 188 valence electrons. The zero-order valence-corrected chi connectivity index (χ0v) is 19.7. The number of carbonyl (C=O) groups excluding carboxylic acids is 2. The van der Waals surface area contributed by atoms with Gasteiger partial charge in [-0.2, -0.15) is 0 Å². The van der Waals surface area contributed by atoms with Crippen molar-refractivity contribution in [1.29, 1.82) is 0 Å². The molecule has 0 atom stereocenters. The molecule has 2 aliphatic rings. The van der Waals surface area contributed by atoms with Crippen molar-refractivity contribution in [3.05, 3.63) is 64.5 Å². The summed E-state index contributed by atoms with van der Waals surface area (Å²) < 4.78 is 42.2. The van der Waals surface area contributed by atoms with Crippen LogP contribution >= 0.6 is 0 Å². The summed E-state index contributed by atoms with van der Waals surface area (Å²) in [6.45, 7) is 4.42. The minimum Gasteiger partial charge on any atom is -0.389 e. The number of piperidine rings is 1. The highest BCUT2D eigenvalue weighted by atomic mass is 19.1. The smallest absolute Gasteiger partial charge is 0.322 e. The van der Waals surface area contributed by atoms with Gasteiger partial charge in [-0.05, 0) is 61.9 Å². The molecular formula is C25H29F3N4O3. The minimum atomic E-state index is -0.991. The first-order chi connectivity index (χ1) is 16.5. The van der Waals surface area contributed by atoms with E-state index in [4.69, 9.17) is 0 Å². The zero-order chi connectivity index (χ0) is 25.3. The third-order valence-electron chi connectivity index (χ3n) is 6.41. The van der Waals surface area contributed by atoms with E-state index in [9.17, 15) is 27.9 Å². The molecule has 0 aromatic heterocycles. The van der Waals surface area contributed by atoms with Gasteiger partial charge in [-0.1, -0.05) is 6.07 Å². The van der Waals surface area contributed by atoms with Gasteiger partial charge < -0.3 is 25.5 Å². The van der Waals surface area contributed by atoms with Crippen molar-refractivity contribution in [2.24, 2.45) is 0 Å². The number of nitrogens with zero attached hydrogens (tertiary/aromatic N) is 2. The Balaban J connectivity index is 1.32. The van der Waals surface area contributed by atoms with Crippen LogP contribution in [0.4, 0.5) is 28.4 Å². The fourth-order valence-electron chi connectivity index (χ4n) is 4.47. The molecule has 1 saturated heterocycles. The summed E-state index contributed by atoms with van der Waals surface area (Å²) in [6.07, 6.45) is 1.32. The van der Waals surface area contributed by atoms with Crippen LogP contribution in [-0.2, 0) is 13.1 Å². The van der Waals surface area contributed by atoms with Crippen LogP contribution in [0, 0.1) is 17.5 Å². The summed E-state index contributed by atoms with van der Waals surface area (Å²) in [7, 11) is 0. The molecule has 4 rings (SSSR count). The van der Waals surface area contributed by atoms with Crippen molar-refractivity contribution in [2.75, 3.05) is 25.0 Å². The molecule has 7 nitrogen and oxygen atoms in total. The Morgan fingerprint density at radius 2 is 1.71 bits per heavy atom. The fraction of sp³-hybridized carbons (Fsp3) is 0.440. The average molecular weight is 491 g/mol. The average Bonchev–Trinajstić information content (AvgIpc) is 3.23. The zero-order valence-electron chi connectivity index (χ0n) is 19.7. The summed E-state index contributed by atoms with van der Waals surface area (Å²) in [4.78, 5) is 27.8. The molecule has 2 aromatic carbocycles. The molecule has 35 heavy (non-hydrogen) atoms. The molecule has 0 spiro atoms. The summed E-state index contributed by atoms with van der Waals surface area (Å²) >= 11 is 0. The van der Waals surface area contributed by atoms with Crippen molar-refractivity contribution in [3.63, 3.8) is 0 Å². The number of hydrogen-bond donors (Lipinski definition) is 3. The largest absolute Gasteiger partial charge is 0.389 e. The summed E-state index contributed by atoms with van der Waals surface area (Å²) in [5, 5.41) is 15.0. The number of benzene rings is 2. The van der Waals surface area contributed by atoms with Crippen LogP contribution < -0.4 is 10.6 Å². The molecule has 10 heteroatoms. The Labute approximate surface area is 201 Å². The van der Waals surface area contributed by atoms with E-state index in [0.29, 0.717) is 31.5 Å². The third kappa shape index (κ3) is 5.87. The molecule has 0 saturated carbocycles. The first-order valence-corrected chi connectivity index (χ1v) is 11.6. The molecule has 0 bridgehead atoms. The molecule has 1 fully saturated rings. The van der Waals surface area contributed by atoms with Gasteiger partial charge in [0.1, 0.15) is 17.5 Å². The Bertz CT molecular complexity index is 1130. The predicted molar refractivity (Wildman–Crippen MR) is 124 cm³/mol. The summed E-state index contributed by atoms with van der Waals surface area (Å²) in [5.41, 5.74) is 0.453. The SMILES string of the molecule is CC(C)(O)CNC(=O)N1CCC(c2ccc(NC(=O)N3Cc4cc(F)cc(F)c4C3)c(F)c2)CC1. The quantitative estimate of drug-likeness (QED) is 0.597. The van der Waals surface area contributed by atoms with E-state index in [1.807, 2.05) is 0 Å². The number of carbonyl (C=O) groups is 2. The van der Waals surface area contributed by atoms with Crippen LogP contribution in [0.1, 0.15) is 49.3 Å². The fourth-order valence-corrected chi connectivity index (χ4v) is 4.47. The lowest BCUT2D eigenvalue weighted by atomic mass is 9.89. The lowest BCUT2D eigenvalue weighted by molar-refractivity contribution is 0.0788. The van der Waals surface area contributed by atoms with Crippen LogP contribution in [0.25, 0.3) is 0 Å². The van der Waals surface area contributed by atoms with E-state index in [0.717, 1.165) is 11.6 Å². The first kappa shape index (κ1) is 24.8. The standard InChI is InChI=1S/C25H29F3N4O3/c1-25(2,35)14-29-23(33)31-7-5-15(6-8-31)16-3-4-22(21(28)10-16)30-24(34)32-12-17-9-18(26)11-20(27)19(17)13-32/h3-4,9-11,15,35H,5-8,12-14H2,1-2H3,(H,29,33)(H,30,34). The van der Waals surface area contributed by atoms with Gasteiger partial charge in [0.05, 0.1) is 17.8 Å². The van der Waals surface area contributed by atoms with Crippen LogP contribution in [0.5, 0.6) is 0 Å². The summed E-state index contributed by atoms with van der Waals surface area (Å²) in [5.74, 6) is -1.93. The number of aliphatic hydroxyl groups is 1. The van der Waals surface area contributed by atoms with Crippen molar-refractivity contribution in [2.45, 2.75) is 51.3 Å². The second-order valence-corrected chi connectivity index (χ2v) is 9.78. The first-order valence-electron chi connectivity index (χ1n) is 11.6.